The molecular weight excluding hydrogens is 219 g/mol. The van der Waals surface area contributed by atoms with Crippen LogP contribution in [0.15, 0.2) is 23.3 Å². The summed E-state index contributed by atoms with van der Waals surface area (Å²) in [4.78, 5) is 2.59. The van der Waals surface area contributed by atoms with Crippen molar-refractivity contribution >= 4 is 0 Å². The fourth-order valence-electron chi connectivity index (χ4n) is 1.55. The van der Waals surface area contributed by atoms with Gasteiger partial charge in [-0.05, 0) is 29.6 Å². The summed E-state index contributed by atoms with van der Waals surface area (Å²) < 4.78 is 37.7. The topological polar surface area (TPSA) is 48.8 Å². The molecule has 86 valence electrons. The molecule has 6 heteroatoms. The Morgan fingerprint density at radius 1 is 1.38 bits per heavy atom. The molecule has 1 aromatic carbocycles. The Hall–Kier alpha value is -1.68. The molecule has 0 unspecified atom stereocenters. The van der Waals surface area contributed by atoms with Crippen molar-refractivity contribution < 1.29 is 13.2 Å². The average Bonchev–Trinajstić information content (AvgIpc) is 2.16. The van der Waals surface area contributed by atoms with Crippen LogP contribution in [0.3, 0.4) is 0 Å². The van der Waals surface area contributed by atoms with Crippen LogP contribution in [0, 0.1) is 6.92 Å². The predicted octanol–water partition coefficient (Wildman–Crippen LogP) is 4.39. The summed E-state index contributed by atoms with van der Waals surface area (Å²) in [6.07, 6.45) is -4.38. The molecule has 0 aliphatic carbocycles. The van der Waals surface area contributed by atoms with Crippen molar-refractivity contribution in [2.75, 3.05) is 0 Å². The Morgan fingerprint density at radius 2 is 2.00 bits per heavy atom. The molecule has 0 saturated carbocycles. The van der Waals surface area contributed by atoms with Gasteiger partial charge in [0.15, 0.2) is 0 Å². The summed E-state index contributed by atoms with van der Waals surface area (Å²) in [5, 5.41) is 3.39. The van der Waals surface area contributed by atoms with E-state index in [0.717, 1.165) is 6.07 Å². The molecule has 0 radical (unpaired) electrons. The summed E-state index contributed by atoms with van der Waals surface area (Å²) in [6.45, 7) is 2.93. The smallest absolute Gasteiger partial charge is 0.166 e. The molecule has 0 N–H and O–H groups in total. The minimum Gasteiger partial charge on any atom is -0.166 e. The van der Waals surface area contributed by atoms with E-state index in [4.69, 9.17) is 5.53 Å². The Bertz CT molecular complexity index is 433. The fraction of sp³-hybridized carbons (Fsp3) is 0.400. The number of hydrogen-bond acceptors (Lipinski definition) is 1. The number of nitrogens with zero attached hydrogens (tertiary/aromatic N) is 3. The van der Waals surface area contributed by atoms with Crippen molar-refractivity contribution in [2.24, 2.45) is 5.11 Å². The lowest BCUT2D eigenvalue weighted by molar-refractivity contribution is -0.138. The Kier molecular flexibility index (Phi) is 3.44. The summed E-state index contributed by atoms with van der Waals surface area (Å²) >= 11 is 0. The summed E-state index contributed by atoms with van der Waals surface area (Å²) in [7, 11) is 0. The van der Waals surface area contributed by atoms with Crippen molar-refractivity contribution in [3.8, 4) is 0 Å². The zero-order valence-corrected chi connectivity index (χ0v) is 8.78. The Balaban J connectivity index is 3.29. The first-order chi connectivity index (χ1) is 7.38. The minimum absolute atomic E-state index is 0.106. The van der Waals surface area contributed by atoms with Gasteiger partial charge < -0.3 is 0 Å². The normalized spacial score (nSPS) is 13.1. The fourth-order valence-corrected chi connectivity index (χ4v) is 1.55. The second-order valence-electron chi connectivity index (χ2n) is 3.40. The maximum Gasteiger partial charge on any atom is 0.416 e. The zero-order valence-electron chi connectivity index (χ0n) is 8.78. The molecule has 0 heterocycles. The van der Waals surface area contributed by atoms with Crippen molar-refractivity contribution in [3.63, 3.8) is 0 Å². The molecule has 0 spiro atoms. The molecule has 0 fully saturated rings. The maximum absolute atomic E-state index is 12.6. The number of hydrogen-bond donors (Lipinski definition) is 0. The van der Waals surface area contributed by atoms with Gasteiger partial charge in [0.25, 0.3) is 0 Å². The van der Waals surface area contributed by atoms with Gasteiger partial charge in [-0.15, -0.1) is 0 Å². The number of benzene rings is 1. The van der Waals surface area contributed by atoms with Crippen molar-refractivity contribution in [1.82, 2.24) is 0 Å². The first-order valence-corrected chi connectivity index (χ1v) is 4.59. The van der Waals surface area contributed by atoms with E-state index in [9.17, 15) is 13.2 Å². The van der Waals surface area contributed by atoms with E-state index >= 15 is 0 Å². The van der Waals surface area contributed by atoms with Gasteiger partial charge in [-0.1, -0.05) is 24.2 Å². The Morgan fingerprint density at radius 3 is 2.50 bits per heavy atom. The van der Waals surface area contributed by atoms with E-state index in [1.807, 2.05) is 0 Å². The molecule has 0 aromatic heterocycles. The first kappa shape index (κ1) is 12.4. The minimum atomic E-state index is -4.38. The largest absolute Gasteiger partial charge is 0.416 e. The molecule has 1 rings (SSSR count). The predicted molar refractivity (Wildman–Crippen MR) is 53.7 cm³/mol. The van der Waals surface area contributed by atoms with Gasteiger partial charge in [-0.25, -0.2) is 0 Å². The van der Waals surface area contributed by atoms with Crippen LogP contribution in [0.2, 0.25) is 0 Å². The SMILES string of the molecule is Cc1c([C@@H](C)N=[N+]=[N-])cccc1C(F)(F)F. The van der Waals surface area contributed by atoms with Crippen molar-refractivity contribution in [3.05, 3.63) is 45.3 Å². The number of halogens is 3. The molecule has 1 aromatic rings. The quantitative estimate of drug-likeness (QED) is 0.410. The monoisotopic (exact) mass is 229 g/mol. The second kappa shape index (κ2) is 4.45. The Labute approximate surface area is 90.5 Å². The van der Waals surface area contributed by atoms with Gasteiger partial charge in [-0.2, -0.15) is 13.2 Å². The van der Waals surface area contributed by atoms with Gasteiger partial charge >= 0.3 is 6.18 Å². The van der Waals surface area contributed by atoms with E-state index in [1.54, 1.807) is 6.92 Å². The molecule has 0 saturated heterocycles. The summed E-state index contributed by atoms with van der Waals surface area (Å²) in [6, 6.07) is 3.26. The van der Waals surface area contributed by atoms with Crippen LogP contribution in [-0.4, -0.2) is 0 Å². The molecule has 16 heavy (non-hydrogen) atoms. The van der Waals surface area contributed by atoms with Crippen LogP contribution in [0.4, 0.5) is 13.2 Å². The van der Waals surface area contributed by atoms with E-state index in [-0.39, 0.29) is 5.56 Å². The molecule has 3 nitrogen and oxygen atoms in total. The lowest BCUT2D eigenvalue weighted by atomic mass is 9.98. The third-order valence-corrected chi connectivity index (χ3v) is 2.36. The van der Waals surface area contributed by atoms with Crippen LogP contribution < -0.4 is 0 Å². The molecule has 0 bridgehead atoms. The summed E-state index contributed by atoms with van der Waals surface area (Å²) in [5.74, 6) is 0. The third-order valence-electron chi connectivity index (χ3n) is 2.36. The van der Waals surface area contributed by atoms with E-state index in [1.165, 1.54) is 19.1 Å². The lowest BCUT2D eigenvalue weighted by Crippen LogP contribution is -2.09. The zero-order chi connectivity index (χ0) is 12.3. The lowest BCUT2D eigenvalue weighted by Gasteiger charge is -2.15. The van der Waals surface area contributed by atoms with Crippen LogP contribution in [0.5, 0.6) is 0 Å². The van der Waals surface area contributed by atoms with Crippen LogP contribution in [0.25, 0.3) is 10.4 Å². The highest BCUT2D eigenvalue weighted by Gasteiger charge is 2.33. The van der Waals surface area contributed by atoms with Gasteiger partial charge in [0.05, 0.1) is 11.6 Å². The molecule has 0 aliphatic rings. The van der Waals surface area contributed by atoms with Crippen molar-refractivity contribution in [1.29, 1.82) is 0 Å². The molecule has 0 amide bonds. The summed E-state index contributed by atoms with van der Waals surface area (Å²) in [5.41, 5.74) is 8.07. The highest BCUT2D eigenvalue weighted by atomic mass is 19.4. The van der Waals surface area contributed by atoms with Crippen LogP contribution >= 0.6 is 0 Å². The van der Waals surface area contributed by atoms with Gasteiger partial charge in [-0.3, -0.25) is 0 Å². The highest BCUT2D eigenvalue weighted by molar-refractivity contribution is 5.37. The maximum atomic E-state index is 12.6. The van der Waals surface area contributed by atoms with Gasteiger partial charge in [0.1, 0.15) is 0 Å². The van der Waals surface area contributed by atoms with E-state index < -0.39 is 17.8 Å². The van der Waals surface area contributed by atoms with Gasteiger partial charge in [0, 0.05) is 4.91 Å². The first-order valence-electron chi connectivity index (χ1n) is 4.59. The van der Waals surface area contributed by atoms with Gasteiger partial charge in [0.2, 0.25) is 0 Å². The van der Waals surface area contributed by atoms with Crippen LogP contribution in [0.1, 0.15) is 29.7 Å². The molecular formula is C10H10F3N3. The van der Waals surface area contributed by atoms with Crippen LogP contribution in [-0.2, 0) is 6.18 Å². The number of alkyl halides is 3. The van der Waals surface area contributed by atoms with Crippen molar-refractivity contribution in [2.45, 2.75) is 26.1 Å². The number of rotatable bonds is 2. The van der Waals surface area contributed by atoms with E-state index in [2.05, 4.69) is 10.0 Å². The highest BCUT2D eigenvalue weighted by Crippen LogP contribution is 2.35. The van der Waals surface area contributed by atoms with E-state index in [0.29, 0.717) is 5.56 Å². The second-order valence-corrected chi connectivity index (χ2v) is 3.40. The standard InChI is InChI=1S/C10H10F3N3/c1-6-8(7(2)15-16-14)4-3-5-9(6)10(11,12)13/h3-5,7H,1-2H3/t7-/m1/s1. The molecule has 0 aliphatic heterocycles. The number of azide groups is 1. The average molecular weight is 229 g/mol. The molecule has 1 atom stereocenters. The third kappa shape index (κ3) is 2.46.